The van der Waals surface area contributed by atoms with Crippen molar-refractivity contribution in [1.82, 2.24) is 15.0 Å². The quantitative estimate of drug-likeness (QED) is 0.687. The second kappa shape index (κ2) is 4.28. The molecule has 6 heteroatoms. The van der Waals surface area contributed by atoms with Gasteiger partial charge in [0.1, 0.15) is 17.5 Å². The minimum Gasteiger partial charge on any atom is -0.336 e. The highest BCUT2D eigenvalue weighted by molar-refractivity contribution is 6.30. The second-order valence-electron chi connectivity index (χ2n) is 4.16. The van der Waals surface area contributed by atoms with E-state index in [1.807, 2.05) is 13.0 Å². The van der Waals surface area contributed by atoms with Gasteiger partial charge in [0.15, 0.2) is 5.65 Å². The maximum atomic E-state index is 13.8. The van der Waals surface area contributed by atoms with Gasteiger partial charge in [-0.1, -0.05) is 11.6 Å². The molecule has 0 radical (unpaired) electrons. The zero-order chi connectivity index (χ0) is 13.6. The molecule has 0 amide bonds. The second-order valence-corrected chi connectivity index (χ2v) is 4.57. The van der Waals surface area contributed by atoms with E-state index in [9.17, 15) is 8.78 Å². The lowest BCUT2D eigenvalue weighted by molar-refractivity contribution is 0.602. The third-order valence-corrected chi connectivity index (χ3v) is 3.16. The number of H-pyrrole nitrogens is 1. The number of pyridine rings is 1. The molecule has 2 heterocycles. The van der Waals surface area contributed by atoms with Crippen molar-refractivity contribution in [2.45, 2.75) is 6.92 Å². The number of nitrogens with zero attached hydrogens (tertiary/aromatic N) is 2. The van der Waals surface area contributed by atoms with Crippen LogP contribution in [0.3, 0.4) is 0 Å². The number of hydrogen-bond donors (Lipinski definition) is 1. The number of aromatic amines is 1. The third kappa shape index (κ3) is 1.96. The minimum absolute atomic E-state index is 0.0271. The van der Waals surface area contributed by atoms with E-state index < -0.39 is 11.6 Å². The highest BCUT2D eigenvalue weighted by Gasteiger charge is 2.14. The molecule has 1 N–H and O–H groups in total. The Morgan fingerprint density at radius 3 is 2.74 bits per heavy atom. The van der Waals surface area contributed by atoms with Crippen molar-refractivity contribution in [1.29, 1.82) is 0 Å². The van der Waals surface area contributed by atoms with Crippen LogP contribution in [0.4, 0.5) is 8.78 Å². The smallest absolute Gasteiger partial charge is 0.178 e. The molecule has 0 bridgehead atoms. The topological polar surface area (TPSA) is 41.6 Å². The number of benzene rings is 1. The van der Waals surface area contributed by atoms with Crippen molar-refractivity contribution in [3.8, 4) is 11.4 Å². The molecular formula is C13H8ClF2N3. The molecule has 96 valence electrons. The summed E-state index contributed by atoms with van der Waals surface area (Å²) in [4.78, 5) is 11.2. The number of hydrogen-bond acceptors (Lipinski definition) is 2. The summed E-state index contributed by atoms with van der Waals surface area (Å²) in [5, 5.41) is -0.258. The van der Waals surface area contributed by atoms with Crippen LogP contribution in [-0.4, -0.2) is 15.0 Å². The Morgan fingerprint density at radius 2 is 2.00 bits per heavy atom. The fourth-order valence-corrected chi connectivity index (χ4v) is 2.02. The van der Waals surface area contributed by atoms with E-state index in [1.165, 1.54) is 0 Å². The van der Waals surface area contributed by atoms with E-state index in [2.05, 4.69) is 15.0 Å². The van der Waals surface area contributed by atoms with Gasteiger partial charge in [-0.3, -0.25) is 0 Å². The Balaban J connectivity index is 2.25. The normalized spacial score (nSPS) is 11.2. The third-order valence-electron chi connectivity index (χ3n) is 2.87. The van der Waals surface area contributed by atoms with Crippen LogP contribution in [0.5, 0.6) is 0 Å². The number of aryl methyl sites for hydroxylation is 1. The summed E-state index contributed by atoms with van der Waals surface area (Å²) in [5.41, 5.74) is 2.12. The Hall–Kier alpha value is -2.01. The number of rotatable bonds is 1. The summed E-state index contributed by atoms with van der Waals surface area (Å²) in [6.45, 7) is 1.88. The van der Waals surface area contributed by atoms with Crippen molar-refractivity contribution in [3.63, 3.8) is 0 Å². The lowest BCUT2D eigenvalue weighted by Crippen LogP contribution is -1.89. The molecule has 0 saturated carbocycles. The molecule has 0 aliphatic carbocycles. The fourth-order valence-electron chi connectivity index (χ4n) is 1.87. The lowest BCUT2D eigenvalue weighted by atomic mass is 10.2. The first kappa shape index (κ1) is 12.0. The molecule has 3 aromatic rings. The first-order valence-electron chi connectivity index (χ1n) is 5.52. The van der Waals surface area contributed by atoms with Gasteiger partial charge < -0.3 is 4.98 Å². The van der Waals surface area contributed by atoms with Gasteiger partial charge in [-0.25, -0.2) is 18.7 Å². The highest BCUT2D eigenvalue weighted by Crippen LogP contribution is 2.27. The molecule has 0 aliphatic rings. The van der Waals surface area contributed by atoms with Crippen LogP contribution in [0.15, 0.2) is 24.4 Å². The van der Waals surface area contributed by atoms with E-state index in [4.69, 9.17) is 11.6 Å². The molecule has 0 fully saturated rings. The molecule has 0 unspecified atom stereocenters. The zero-order valence-electron chi connectivity index (χ0n) is 9.84. The Morgan fingerprint density at radius 1 is 1.21 bits per heavy atom. The first-order valence-corrected chi connectivity index (χ1v) is 5.90. The number of fused-ring (bicyclic) bond motifs is 1. The number of nitrogens with one attached hydrogen (secondary N) is 1. The highest BCUT2D eigenvalue weighted by atomic mass is 35.5. The van der Waals surface area contributed by atoms with Gasteiger partial charge in [0.2, 0.25) is 0 Å². The van der Waals surface area contributed by atoms with Gasteiger partial charge in [0, 0.05) is 6.20 Å². The van der Waals surface area contributed by atoms with Crippen LogP contribution in [0.1, 0.15) is 5.56 Å². The molecule has 3 nitrogen and oxygen atoms in total. The SMILES string of the molecule is Cc1ccnc2nc(-c3cc(F)c(Cl)cc3F)[nH]c12. The number of imidazole rings is 1. The van der Waals surface area contributed by atoms with Crippen molar-refractivity contribution in [2.24, 2.45) is 0 Å². The van der Waals surface area contributed by atoms with E-state index in [-0.39, 0.29) is 16.4 Å². The standard InChI is InChI=1S/C13H8ClF2N3/c1-6-2-3-17-13-11(6)18-12(19-13)7-4-10(16)8(14)5-9(7)15/h2-5H,1H3,(H,17,18,19). The summed E-state index contributed by atoms with van der Waals surface area (Å²) in [6, 6.07) is 3.76. The summed E-state index contributed by atoms with van der Waals surface area (Å²) in [7, 11) is 0. The van der Waals surface area contributed by atoms with E-state index >= 15 is 0 Å². The molecule has 19 heavy (non-hydrogen) atoms. The number of halogens is 3. The molecule has 0 aliphatic heterocycles. The van der Waals surface area contributed by atoms with Gasteiger partial charge in [0.25, 0.3) is 0 Å². The van der Waals surface area contributed by atoms with Crippen molar-refractivity contribution >= 4 is 22.8 Å². The zero-order valence-corrected chi connectivity index (χ0v) is 10.6. The summed E-state index contributed by atoms with van der Waals surface area (Å²) in [5.74, 6) is -1.10. The predicted octanol–water partition coefficient (Wildman–Crippen LogP) is 3.86. The minimum atomic E-state index is -0.691. The molecule has 0 saturated heterocycles. The lowest BCUT2D eigenvalue weighted by Gasteiger charge is -2.01. The molecule has 3 rings (SSSR count). The van der Waals surface area contributed by atoms with Crippen molar-refractivity contribution < 1.29 is 8.78 Å². The van der Waals surface area contributed by atoms with E-state index in [0.29, 0.717) is 11.2 Å². The van der Waals surface area contributed by atoms with Crippen molar-refractivity contribution in [3.05, 3.63) is 46.6 Å². The van der Waals surface area contributed by atoms with Gasteiger partial charge in [-0.05, 0) is 30.7 Å². The number of aromatic nitrogens is 3. The van der Waals surface area contributed by atoms with E-state index in [1.54, 1.807) is 6.20 Å². The fraction of sp³-hybridized carbons (Fsp3) is 0.0769. The van der Waals surface area contributed by atoms with Crippen LogP contribution < -0.4 is 0 Å². The van der Waals surface area contributed by atoms with Gasteiger partial charge in [-0.15, -0.1) is 0 Å². The molecular weight excluding hydrogens is 272 g/mol. The van der Waals surface area contributed by atoms with Crippen LogP contribution in [0.25, 0.3) is 22.6 Å². The predicted molar refractivity (Wildman–Crippen MR) is 69.0 cm³/mol. The van der Waals surface area contributed by atoms with Crippen LogP contribution in [0, 0.1) is 18.6 Å². The summed E-state index contributed by atoms with van der Waals surface area (Å²) >= 11 is 5.52. The Bertz CT molecular complexity index is 783. The van der Waals surface area contributed by atoms with Gasteiger partial charge >= 0.3 is 0 Å². The first-order chi connectivity index (χ1) is 9.06. The summed E-state index contributed by atoms with van der Waals surface area (Å²) in [6.07, 6.45) is 1.61. The molecule has 0 atom stereocenters. The Labute approximate surface area is 112 Å². The van der Waals surface area contributed by atoms with Crippen LogP contribution >= 0.6 is 11.6 Å². The average molecular weight is 280 g/mol. The summed E-state index contributed by atoms with van der Waals surface area (Å²) < 4.78 is 27.2. The van der Waals surface area contributed by atoms with Gasteiger partial charge in [0.05, 0.1) is 16.1 Å². The Kier molecular flexibility index (Phi) is 2.71. The maximum Gasteiger partial charge on any atom is 0.178 e. The average Bonchev–Trinajstić information content (AvgIpc) is 2.79. The van der Waals surface area contributed by atoms with E-state index in [0.717, 1.165) is 17.7 Å². The van der Waals surface area contributed by atoms with Crippen LogP contribution in [-0.2, 0) is 0 Å². The maximum absolute atomic E-state index is 13.8. The van der Waals surface area contributed by atoms with Crippen LogP contribution in [0.2, 0.25) is 5.02 Å². The largest absolute Gasteiger partial charge is 0.336 e. The van der Waals surface area contributed by atoms with Gasteiger partial charge in [-0.2, -0.15) is 0 Å². The molecule has 0 spiro atoms. The van der Waals surface area contributed by atoms with Crippen molar-refractivity contribution in [2.75, 3.05) is 0 Å². The molecule has 1 aromatic carbocycles. The monoisotopic (exact) mass is 279 g/mol. The molecule has 2 aromatic heterocycles.